The van der Waals surface area contributed by atoms with E-state index in [0.29, 0.717) is 6.42 Å². The number of nitrogens with one attached hydrogen (secondary N) is 3. The normalized spacial score (nSPS) is 14.2. The molecule has 0 saturated carbocycles. The maximum atomic E-state index is 12.4. The molecule has 0 fully saturated rings. The smallest absolute Gasteiger partial charge is 0.312 e. The maximum absolute atomic E-state index is 12.4. The van der Waals surface area contributed by atoms with Crippen molar-refractivity contribution >= 4 is 17.7 Å². The summed E-state index contributed by atoms with van der Waals surface area (Å²) in [6.45, 7) is 8.90. The third kappa shape index (κ3) is 9.69. The molecule has 0 aliphatic carbocycles. The summed E-state index contributed by atoms with van der Waals surface area (Å²) >= 11 is 0. The zero-order chi connectivity index (χ0) is 19.6. The van der Waals surface area contributed by atoms with E-state index in [-0.39, 0.29) is 24.3 Å². The Labute approximate surface area is 149 Å². The van der Waals surface area contributed by atoms with Gasteiger partial charge in [-0.1, -0.05) is 39.5 Å². The van der Waals surface area contributed by atoms with Crippen LogP contribution in [0.2, 0.25) is 0 Å². The van der Waals surface area contributed by atoms with Gasteiger partial charge in [0.15, 0.2) is 5.78 Å². The van der Waals surface area contributed by atoms with Crippen molar-refractivity contribution in [2.75, 3.05) is 6.54 Å². The minimum absolute atomic E-state index is 0.0180. The van der Waals surface area contributed by atoms with Crippen molar-refractivity contribution in [1.29, 1.82) is 0 Å². The Kier molecular flexibility index (Phi) is 10.5. The van der Waals surface area contributed by atoms with Gasteiger partial charge in [0.05, 0.1) is 6.10 Å². The molecule has 142 valence electrons. The maximum Gasteiger partial charge on any atom is 0.312 e. The van der Waals surface area contributed by atoms with Gasteiger partial charge in [-0.2, -0.15) is 0 Å². The number of Topliss-reactive ketones (excluding diaryl/α,β-unsaturated/α-hetero) is 1. The van der Waals surface area contributed by atoms with Gasteiger partial charge >= 0.3 is 6.03 Å². The second-order valence-electron chi connectivity index (χ2n) is 6.40. The number of hydrogen-bond acceptors (Lipinski definition) is 5. The number of ketones is 1. The number of carbonyl (C=O) groups is 3. The molecule has 0 radical (unpaired) electrons. The molecule has 0 aromatic rings. The van der Waals surface area contributed by atoms with E-state index in [1.807, 2.05) is 13.8 Å². The largest absolute Gasteiger partial charge is 0.391 e. The first-order valence-corrected chi connectivity index (χ1v) is 8.36. The van der Waals surface area contributed by atoms with Crippen LogP contribution in [0.4, 0.5) is 4.79 Å². The number of rotatable bonds is 9. The van der Waals surface area contributed by atoms with Crippen LogP contribution in [-0.2, 0) is 9.59 Å². The van der Waals surface area contributed by atoms with Crippen molar-refractivity contribution in [2.45, 2.75) is 65.3 Å². The van der Waals surface area contributed by atoms with Crippen LogP contribution in [0.15, 0.2) is 0 Å². The highest BCUT2D eigenvalue weighted by atomic mass is 16.3. The summed E-state index contributed by atoms with van der Waals surface area (Å²) in [4.78, 5) is 35.3. The van der Waals surface area contributed by atoms with Gasteiger partial charge in [-0.15, -0.1) is 0 Å². The Hall–Kier alpha value is -2.11. The van der Waals surface area contributed by atoms with Crippen LogP contribution < -0.4 is 21.7 Å². The van der Waals surface area contributed by atoms with E-state index in [4.69, 9.17) is 5.73 Å². The van der Waals surface area contributed by atoms with Gasteiger partial charge in [0, 0.05) is 24.9 Å². The topological polar surface area (TPSA) is 134 Å². The highest BCUT2D eigenvalue weighted by Crippen LogP contribution is 2.02. The Balaban J connectivity index is 5.04. The number of aliphatic hydroxyl groups is 1. The van der Waals surface area contributed by atoms with E-state index in [9.17, 15) is 19.5 Å². The lowest BCUT2D eigenvalue weighted by Crippen LogP contribution is -2.55. The molecule has 8 nitrogen and oxygen atoms in total. The van der Waals surface area contributed by atoms with Gasteiger partial charge in [-0.3, -0.25) is 9.59 Å². The third-order valence-corrected chi connectivity index (χ3v) is 3.21. The first kappa shape index (κ1) is 22.9. The van der Waals surface area contributed by atoms with Crippen molar-refractivity contribution in [2.24, 2.45) is 11.7 Å². The Bertz CT molecular complexity index is 520. The van der Waals surface area contributed by atoms with Crippen LogP contribution in [0.3, 0.4) is 0 Å². The van der Waals surface area contributed by atoms with Gasteiger partial charge in [0.1, 0.15) is 12.1 Å². The predicted octanol–water partition coefficient (Wildman–Crippen LogP) is -0.494. The molecule has 0 bridgehead atoms. The van der Waals surface area contributed by atoms with Crippen LogP contribution in [-0.4, -0.2) is 53.6 Å². The minimum atomic E-state index is -0.976. The Morgan fingerprint density at radius 3 is 2.16 bits per heavy atom. The molecule has 0 aliphatic heterocycles. The van der Waals surface area contributed by atoms with Crippen LogP contribution in [0.5, 0.6) is 0 Å². The number of urea groups is 1. The van der Waals surface area contributed by atoms with Crippen LogP contribution in [0.1, 0.15) is 41.0 Å². The molecule has 6 N–H and O–H groups in total. The van der Waals surface area contributed by atoms with Gasteiger partial charge in [0.25, 0.3) is 0 Å². The van der Waals surface area contributed by atoms with E-state index in [1.165, 1.54) is 6.92 Å². The lowest BCUT2D eigenvalue weighted by atomic mass is 10.0. The zero-order valence-electron chi connectivity index (χ0n) is 15.6. The SMILES string of the molecule is CC(C)N[C@H](C(=O)NC(C#CCCNC(N)=O)C(=O)C(C)C)C(C)O. The molecule has 3 amide bonds. The van der Waals surface area contributed by atoms with E-state index in [2.05, 4.69) is 27.8 Å². The van der Waals surface area contributed by atoms with E-state index >= 15 is 0 Å². The molecule has 2 unspecified atom stereocenters. The predicted molar refractivity (Wildman–Crippen MR) is 95.5 cm³/mol. The third-order valence-electron chi connectivity index (χ3n) is 3.21. The van der Waals surface area contributed by atoms with Crippen LogP contribution >= 0.6 is 0 Å². The fraction of sp³-hybridized carbons (Fsp3) is 0.706. The summed E-state index contributed by atoms with van der Waals surface area (Å²) in [5.41, 5.74) is 4.95. The molecule has 0 aromatic carbocycles. The molecule has 3 atom stereocenters. The van der Waals surface area contributed by atoms with Crippen molar-refractivity contribution in [3.8, 4) is 11.8 Å². The van der Waals surface area contributed by atoms with Crippen LogP contribution in [0, 0.1) is 17.8 Å². The number of primary amides is 1. The summed E-state index contributed by atoms with van der Waals surface area (Å²) in [7, 11) is 0. The number of carbonyl (C=O) groups excluding carboxylic acids is 3. The summed E-state index contributed by atoms with van der Waals surface area (Å²) in [6, 6.07) is -2.49. The van der Waals surface area contributed by atoms with Gasteiger partial charge < -0.3 is 26.8 Å². The molecule has 0 rings (SSSR count). The number of nitrogens with two attached hydrogens (primary N) is 1. The lowest BCUT2D eigenvalue weighted by Gasteiger charge is -2.25. The Morgan fingerprint density at radius 1 is 1.12 bits per heavy atom. The van der Waals surface area contributed by atoms with Crippen molar-refractivity contribution in [3.05, 3.63) is 0 Å². The quantitative estimate of drug-likeness (QED) is 0.281. The average Bonchev–Trinajstić information content (AvgIpc) is 2.49. The molecule has 0 aromatic heterocycles. The number of aliphatic hydroxyl groups excluding tert-OH is 1. The summed E-state index contributed by atoms with van der Waals surface area (Å²) < 4.78 is 0. The number of amides is 3. The fourth-order valence-electron chi connectivity index (χ4n) is 1.96. The summed E-state index contributed by atoms with van der Waals surface area (Å²) in [5.74, 6) is 4.44. The number of hydrogen-bond donors (Lipinski definition) is 5. The van der Waals surface area contributed by atoms with E-state index in [1.54, 1.807) is 13.8 Å². The molecule has 0 saturated heterocycles. The summed E-state index contributed by atoms with van der Waals surface area (Å²) in [5, 5.41) is 17.7. The first-order chi connectivity index (χ1) is 11.6. The fourth-order valence-corrected chi connectivity index (χ4v) is 1.96. The molecule has 25 heavy (non-hydrogen) atoms. The van der Waals surface area contributed by atoms with Crippen molar-refractivity contribution in [3.63, 3.8) is 0 Å². The first-order valence-electron chi connectivity index (χ1n) is 8.36. The zero-order valence-corrected chi connectivity index (χ0v) is 15.6. The van der Waals surface area contributed by atoms with E-state index < -0.39 is 30.1 Å². The lowest BCUT2D eigenvalue weighted by molar-refractivity contribution is -0.130. The van der Waals surface area contributed by atoms with Crippen LogP contribution in [0.25, 0.3) is 0 Å². The molecule has 8 heteroatoms. The van der Waals surface area contributed by atoms with Crippen molar-refractivity contribution < 1.29 is 19.5 Å². The van der Waals surface area contributed by atoms with Gasteiger partial charge in [-0.25, -0.2) is 4.79 Å². The van der Waals surface area contributed by atoms with Gasteiger partial charge in [0.2, 0.25) is 5.91 Å². The minimum Gasteiger partial charge on any atom is -0.391 e. The second kappa shape index (κ2) is 11.4. The average molecular weight is 354 g/mol. The molecular formula is C17H30N4O4. The highest BCUT2D eigenvalue weighted by Gasteiger charge is 2.28. The molecular weight excluding hydrogens is 324 g/mol. The van der Waals surface area contributed by atoms with Crippen molar-refractivity contribution in [1.82, 2.24) is 16.0 Å². The van der Waals surface area contributed by atoms with E-state index in [0.717, 1.165) is 0 Å². The standard InChI is InChI=1S/C17H30N4O4/c1-10(2)15(23)13(8-6-7-9-19-17(18)25)21-16(24)14(12(5)22)20-11(3)4/h10-14,20,22H,7,9H2,1-5H3,(H,21,24)(H3,18,19,25)/t12?,13?,14-/m0/s1. The molecule has 0 aliphatic rings. The van der Waals surface area contributed by atoms with Gasteiger partial charge in [-0.05, 0) is 6.92 Å². The molecule has 0 spiro atoms. The monoisotopic (exact) mass is 354 g/mol. The summed E-state index contributed by atoms with van der Waals surface area (Å²) in [6.07, 6.45) is -0.630. The highest BCUT2D eigenvalue weighted by molar-refractivity contribution is 5.94. The molecule has 0 heterocycles. The Morgan fingerprint density at radius 2 is 1.72 bits per heavy atom. The second-order valence-corrected chi connectivity index (χ2v) is 6.40.